The van der Waals surface area contributed by atoms with Gasteiger partial charge < -0.3 is 19.8 Å². The molecule has 1 aliphatic rings. The highest BCUT2D eigenvalue weighted by molar-refractivity contribution is 6.01. The lowest BCUT2D eigenvalue weighted by Gasteiger charge is -2.33. The second-order valence-electron chi connectivity index (χ2n) is 10.2. The largest absolute Gasteiger partial charge is 0.548 e. The molecule has 8 nitrogen and oxygen atoms in total. The zero-order chi connectivity index (χ0) is 25.8. The van der Waals surface area contributed by atoms with Crippen LogP contribution in [0, 0.1) is 24.0 Å². The van der Waals surface area contributed by atoms with Crippen LogP contribution in [-0.2, 0) is 16.8 Å². The number of rotatable bonds is 7. The minimum Gasteiger partial charge on any atom is -0.548 e. The summed E-state index contributed by atoms with van der Waals surface area (Å²) in [6, 6.07) is 9.56. The Bertz CT molecular complexity index is 1070. The van der Waals surface area contributed by atoms with Crippen LogP contribution >= 0.6 is 0 Å². The molecule has 2 atom stereocenters. The van der Waals surface area contributed by atoms with Crippen LogP contribution in [0.25, 0.3) is 0 Å². The van der Waals surface area contributed by atoms with Gasteiger partial charge in [0.1, 0.15) is 0 Å². The van der Waals surface area contributed by atoms with Crippen LogP contribution in [0.2, 0.25) is 0 Å². The van der Waals surface area contributed by atoms with Crippen molar-refractivity contribution in [2.75, 3.05) is 5.32 Å². The maximum Gasteiger partial charge on any atom is 0.319 e. The van der Waals surface area contributed by atoms with Gasteiger partial charge in [-0.3, -0.25) is 10.1 Å². The van der Waals surface area contributed by atoms with Gasteiger partial charge in [0.25, 0.3) is 0 Å². The highest BCUT2D eigenvalue weighted by atomic mass is 28.2. The van der Waals surface area contributed by atoms with Crippen molar-refractivity contribution in [3.8, 4) is 5.75 Å². The molecule has 0 aliphatic heterocycles. The summed E-state index contributed by atoms with van der Waals surface area (Å²) in [6.07, 6.45) is 3.75. The fourth-order valence-corrected chi connectivity index (χ4v) is 5.20. The van der Waals surface area contributed by atoms with Crippen LogP contribution in [0.3, 0.4) is 0 Å². The molecule has 0 aromatic heterocycles. The first kappa shape index (κ1) is 26.7. The van der Waals surface area contributed by atoms with Gasteiger partial charge in [-0.25, -0.2) is 4.79 Å². The third-order valence-corrected chi connectivity index (χ3v) is 7.09. The lowest BCUT2D eigenvalue weighted by atomic mass is 9.82. The van der Waals surface area contributed by atoms with Gasteiger partial charge in [0.2, 0.25) is 10.5 Å². The normalized spacial score (nSPS) is 18.2. The van der Waals surface area contributed by atoms with Gasteiger partial charge in [0.15, 0.2) is 5.75 Å². The number of urea groups is 1. The van der Waals surface area contributed by atoms with Crippen LogP contribution in [-0.4, -0.2) is 33.6 Å². The van der Waals surface area contributed by atoms with Crippen molar-refractivity contribution in [1.82, 2.24) is 5.32 Å². The summed E-state index contributed by atoms with van der Waals surface area (Å²) in [6.45, 7) is 9.88. The lowest BCUT2D eigenvalue weighted by Crippen LogP contribution is -2.48. The number of ether oxygens (including phenoxy) is 1. The smallest absolute Gasteiger partial charge is 0.319 e. The van der Waals surface area contributed by atoms with Crippen molar-refractivity contribution in [1.29, 1.82) is 0 Å². The van der Waals surface area contributed by atoms with Gasteiger partial charge >= 0.3 is 11.7 Å². The molecule has 1 saturated carbocycles. The maximum absolute atomic E-state index is 13.2. The van der Waals surface area contributed by atoms with Gasteiger partial charge in [0, 0.05) is 11.1 Å². The fourth-order valence-electron chi connectivity index (χ4n) is 4.80. The molecule has 35 heavy (non-hydrogen) atoms. The molecule has 1 fully saturated rings. The predicted octanol–water partition coefficient (Wildman–Crippen LogP) is 4.82. The Morgan fingerprint density at radius 1 is 1.14 bits per heavy atom. The molecule has 3 rings (SSSR count). The number of anilines is 1. The highest BCUT2D eigenvalue weighted by Crippen LogP contribution is 2.47. The SMILES string of the molecule is Cc1c(C)c([N+](=O)[O-])c(O[SiH3])c(C(C)(C)C)c1NC(=O)NC1CCCCC1OCc1ccccc1. The van der Waals surface area contributed by atoms with Crippen molar-refractivity contribution >= 4 is 27.9 Å². The number of amides is 2. The van der Waals surface area contributed by atoms with E-state index in [1.54, 1.807) is 13.8 Å². The molecule has 190 valence electrons. The first-order valence-electron chi connectivity index (χ1n) is 12.1. The van der Waals surface area contributed by atoms with Crippen LogP contribution in [0.5, 0.6) is 5.75 Å². The monoisotopic (exact) mass is 499 g/mol. The maximum atomic E-state index is 13.2. The number of carbonyl (C=O) groups excluding carboxylic acids is 1. The second kappa shape index (κ2) is 11.2. The molecule has 2 N–H and O–H groups in total. The third-order valence-electron chi connectivity index (χ3n) is 6.69. The Kier molecular flexibility index (Phi) is 8.55. The molecule has 9 heteroatoms. The summed E-state index contributed by atoms with van der Waals surface area (Å²) < 4.78 is 11.9. The van der Waals surface area contributed by atoms with Crippen LogP contribution in [0.1, 0.15) is 68.7 Å². The molecular weight excluding hydrogens is 462 g/mol. The molecule has 2 amide bonds. The highest BCUT2D eigenvalue weighted by Gasteiger charge is 2.35. The standard InChI is InChI=1S/C26H37N3O5Si/c1-16-17(2)23(29(31)32)24(34-35)21(26(3,4)5)22(16)28-25(30)27-19-13-9-10-14-20(19)33-15-18-11-7-6-8-12-18/h6-8,11-12,19-20H,9-10,13-15H2,1-5,35H3,(H2,27,28,30). The Morgan fingerprint density at radius 3 is 2.40 bits per heavy atom. The molecule has 0 saturated heterocycles. The van der Waals surface area contributed by atoms with Crippen LogP contribution < -0.4 is 15.1 Å². The second-order valence-corrected chi connectivity index (χ2v) is 10.6. The van der Waals surface area contributed by atoms with Crippen molar-refractivity contribution in [2.45, 2.75) is 84.5 Å². The Morgan fingerprint density at radius 2 is 1.80 bits per heavy atom. The molecule has 0 radical (unpaired) electrons. The molecule has 2 aromatic carbocycles. The Balaban J connectivity index is 1.84. The van der Waals surface area contributed by atoms with Gasteiger partial charge in [-0.15, -0.1) is 0 Å². The molecular formula is C26H37N3O5Si. The number of nitro groups is 1. The summed E-state index contributed by atoms with van der Waals surface area (Å²) in [5.41, 5.74) is 2.95. The van der Waals surface area contributed by atoms with Crippen LogP contribution in [0.4, 0.5) is 16.2 Å². The van der Waals surface area contributed by atoms with Gasteiger partial charge in [-0.05, 0) is 43.2 Å². The van der Waals surface area contributed by atoms with E-state index in [9.17, 15) is 14.9 Å². The first-order chi connectivity index (χ1) is 16.5. The number of nitrogens with zero attached hydrogens (tertiary/aromatic N) is 1. The van der Waals surface area contributed by atoms with Crippen molar-refractivity contribution in [3.63, 3.8) is 0 Å². The summed E-state index contributed by atoms with van der Waals surface area (Å²) >= 11 is 0. The predicted molar refractivity (Wildman–Crippen MR) is 141 cm³/mol. The summed E-state index contributed by atoms with van der Waals surface area (Å²) in [5, 5.41) is 18.0. The zero-order valence-corrected chi connectivity index (χ0v) is 23.6. The van der Waals surface area contributed by atoms with E-state index in [-0.39, 0.29) is 40.1 Å². The molecule has 0 heterocycles. The molecule has 1 aliphatic carbocycles. The van der Waals surface area contributed by atoms with E-state index in [2.05, 4.69) is 10.6 Å². The van der Waals surface area contributed by atoms with E-state index in [4.69, 9.17) is 9.16 Å². The van der Waals surface area contributed by atoms with Crippen molar-refractivity contribution in [2.24, 2.45) is 0 Å². The van der Waals surface area contributed by atoms with E-state index >= 15 is 0 Å². The Labute approximate surface area is 210 Å². The summed E-state index contributed by atoms with van der Waals surface area (Å²) in [5.74, 6) is 0.245. The number of nitro benzene ring substituents is 1. The van der Waals surface area contributed by atoms with Crippen LogP contribution in [0.15, 0.2) is 30.3 Å². The lowest BCUT2D eigenvalue weighted by molar-refractivity contribution is -0.386. The molecule has 0 bridgehead atoms. The number of hydrogen-bond acceptors (Lipinski definition) is 5. The van der Waals surface area contributed by atoms with E-state index in [1.807, 2.05) is 51.1 Å². The zero-order valence-electron chi connectivity index (χ0n) is 21.6. The summed E-state index contributed by atoms with van der Waals surface area (Å²) in [4.78, 5) is 24.7. The van der Waals surface area contributed by atoms with E-state index < -0.39 is 10.3 Å². The number of nitrogens with one attached hydrogen (secondary N) is 2. The van der Waals surface area contributed by atoms with E-state index in [0.717, 1.165) is 31.2 Å². The minimum atomic E-state index is -0.488. The summed E-state index contributed by atoms with van der Waals surface area (Å²) in [7, 11) is 0.290. The first-order valence-corrected chi connectivity index (χ1v) is 12.9. The Hall–Kier alpha value is -2.91. The van der Waals surface area contributed by atoms with Gasteiger partial charge in [0.05, 0.1) is 29.4 Å². The molecule has 2 aromatic rings. The third kappa shape index (κ3) is 6.21. The fraction of sp³-hybridized carbons (Fsp3) is 0.500. The minimum absolute atomic E-state index is 0.0324. The van der Waals surface area contributed by atoms with Gasteiger partial charge in [-0.2, -0.15) is 0 Å². The van der Waals surface area contributed by atoms with E-state index in [1.165, 1.54) is 0 Å². The average molecular weight is 500 g/mol. The van der Waals surface area contributed by atoms with Crippen molar-refractivity contribution in [3.05, 3.63) is 62.7 Å². The van der Waals surface area contributed by atoms with Gasteiger partial charge in [-0.1, -0.05) is 63.9 Å². The number of carbonyl (C=O) groups is 1. The van der Waals surface area contributed by atoms with E-state index in [0.29, 0.717) is 29.0 Å². The average Bonchev–Trinajstić information content (AvgIpc) is 2.80. The van der Waals surface area contributed by atoms with Crippen molar-refractivity contribution < 1.29 is 18.9 Å². The number of hydrogen-bond donors (Lipinski definition) is 2. The topological polar surface area (TPSA) is 103 Å². The molecule has 2 unspecified atom stereocenters. The molecule has 0 spiro atoms. The number of benzene rings is 2. The quantitative estimate of drug-likeness (QED) is 0.323.